The van der Waals surface area contributed by atoms with Gasteiger partial charge in [-0.3, -0.25) is 9.59 Å². The van der Waals surface area contributed by atoms with Crippen LogP contribution in [0.5, 0.6) is 0 Å². The minimum Gasteiger partial charge on any atom is -0.481 e. The van der Waals surface area contributed by atoms with Crippen molar-refractivity contribution in [3.05, 3.63) is 35.9 Å². The number of aliphatic carboxylic acids is 1. The van der Waals surface area contributed by atoms with Gasteiger partial charge in [-0.2, -0.15) is 11.8 Å². The van der Waals surface area contributed by atoms with Gasteiger partial charge in [0.15, 0.2) is 0 Å². The van der Waals surface area contributed by atoms with E-state index in [9.17, 15) is 9.59 Å². The molecular weight excluding hydrogens is 250 g/mol. The Kier molecular flexibility index (Phi) is 5.71. The topological polar surface area (TPSA) is 66.4 Å². The summed E-state index contributed by atoms with van der Waals surface area (Å²) in [5, 5.41) is 11.9. The molecule has 4 nitrogen and oxygen atoms in total. The van der Waals surface area contributed by atoms with Gasteiger partial charge in [0.05, 0.1) is 17.7 Å². The molecule has 1 aromatic rings. The molecule has 18 heavy (non-hydrogen) atoms. The molecule has 0 aromatic heterocycles. The zero-order valence-electron chi connectivity index (χ0n) is 10.4. The van der Waals surface area contributed by atoms with Gasteiger partial charge >= 0.3 is 5.97 Å². The van der Waals surface area contributed by atoms with Gasteiger partial charge in [0, 0.05) is 0 Å². The highest BCUT2D eigenvalue weighted by atomic mass is 32.2. The average molecular weight is 267 g/mol. The van der Waals surface area contributed by atoms with E-state index in [1.807, 2.05) is 36.6 Å². The number of carboxylic acids is 1. The number of amides is 1. The van der Waals surface area contributed by atoms with Gasteiger partial charge in [-0.15, -0.1) is 0 Å². The van der Waals surface area contributed by atoms with E-state index in [1.165, 1.54) is 11.8 Å². The van der Waals surface area contributed by atoms with Gasteiger partial charge in [-0.25, -0.2) is 0 Å². The highest BCUT2D eigenvalue weighted by molar-refractivity contribution is 7.99. The third kappa shape index (κ3) is 4.07. The molecule has 0 bridgehead atoms. The lowest BCUT2D eigenvalue weighted by Crippen LogP contribution is -2.36. The molecule has 0 spiro atoms. The van der Waals surface area contributed by atoms with Crippen LogP contribution in [0.4, 0.5) is 0 Å². The maximum Gasteiger partial charge on any atom is 0.308 e. The van der Waals surface area contributed by atoms with E-state index in [4.69, 9.17) is 5.11 Å². The lowest BCUT2D eigenvalue weighted by atomic mass is 9.94. The van der Waals surface area contributed by atoms with Crippen LogP contribution in [0.15, 0.2) is 30.3 Å². The van der Waals surface area contributed by atoms with Gasteiger partial charge in [0.1, 0.15) is 0 Å². The number of hydrogen-bond acceptors (Lipinski definition) is 3. The smallest absolute Gasteiger partial charge is 0.308 e. The van der Waals surface area contributed by atoms with Crippen LogP contribution in [0.3, 0.4) is 0 Å². The van der Waals surface area contributed by atoms with Gasteiger partial charge in [-0.05, 0) is 18.7 Å². The van der Waals surface area contributed by atoms with Crippen molar-refractivity contribution >= 4 is 23.6 Å². The number of benzene rings is 1. The first-order valence-electron chi connectivity index (χ1n) is 5.62. The predicted molar refractivity (Wildman–Crippen MR) is 72.5 cm³/mol. The second-order valence-corrected chi connectivity index (χ2v) is 4.88. The quantitative estimate of drug-likeness (QED) is 0.826. The van der Waals surface area contributed by atoms with Crippen LogP contribution in [0.25, 0.3) is 0 Å². The fourth-order valence-corrected chi connectivity index (χ4v) is 1.99. The first-order chi connectivity index (χ1) is 8.56. The SMILES string of the molecule is CSCC(=O)N[C@@H](c1ccccc1)[C@@H](C)C(=O)O. The molecule has 98 valence electrons. The maximum atomic E-state index is 11.6. The van der Waals surface area contributed by atoms with Crippen molar-refractivity contribution in [2.45, 2.75) is 13.0 Å². The van der Waals surface area contributed by atoms with Gasteiger partial charge < -0.3 is 10.4 Å². The Balaban J connectivity index is 2.89. The summed E-state index contributed by atoms with van der Waals surface area (Å²) in [7, 11) is 0. The number of nitrogens with one attached hydrogen (secondary N) is 1. The molecule has 1 amide bonds. The number of carbonyl (C=O) groups is 2. The van der Waals surface area contributed by atoms with Gasteiger partial charge in [-0.1, -0.05) is 30.3 Å². The Morgan fingerprint density at radius 3 is 2.44 bits per heavy atom. The fraction of sp³-hybridized carbons (Fsp3) is 0.385. The lowest BCUT2D eigenvalue weighted by Gasteiger charge is -2.22. The lowest BCUT2D eigenvalue weighted by molar-refractivity contribution is -0.142. The van der Waals surface area contributed by atoms with E-state index in [0.717, 1.165) is 5.56 Å². The molecule has 0 aliphatic rings. The number of carboxylic acid groups (broad SMARTS) is 1. The molecule has 2 N–H and O–H groups in total. The Hall–Kier alpha value is -1.49. The zero-order valence-corrected chi connectivity index (χ0v) is 11.2. The number of thioether (sulfide) groups is 1. The molecule has 0 unspecified atom stereocenters. The summed E-state index contributed by atoms with van der Waals surface area (Å²) in [6.45, 7) is 1.60. The van der Waals surface area contributed by atoms with Gasteiger partial charge in [0.25, 0.3) is 0 Å². The van der Waals surface area contributed by atoms with Gasteiger partial charge in [0.2, 0.25) is 5.91 Å². The summed E-state index contributed by atoms with van der Waals surface area (Å²) in [5.41, 5.74) is 0.807. The molecule has 0 aliphatic heterocycles. The monoisotopic (exact) mass is 267 g/mol. The number of hydrogen-bond donors (Lipinski definition) is 2. The predicted octanol–water partition coefficient (Wildman–Crippen LogP) is 1.93. The minimum atomic E-state index is -0.923. The molecule has 1 aromatic carbocycles. The summed E-state index contributed by atoms with van der Waals surface area (Å²) in [4.78, 5) is 22.7. The Labute approximate surface area is 111 Å². The largest absolute Gasteiger partial charge is 0.481 e. The summed E-state index contributed by atoms with van der Waals surface area (Å²) in [5.74, 6) is -1.41. The van der Waals surface area contributed by atoms with Crippen molar-refractivity contribution in [2.75, 3.05) is 12.0 Å². The molecule has 5 heteroatoms. The van der Waals surface area contributed by atoms with Crippen molar-refractivity contribution in [2.24, 2.45) is 5.92 Å². The molecule has 0 radical (unpaired) electrons. The summed E-state index contributed by atoms with van der Waals surface area (Å²) < 4.78 is 0. The zero-order chi connectivity index (χ0) is 13.5. The van der Waals surface area contributed by atoms with E-state index in [2.05, 4.69) is 5.32 Å². The summed E-state index contributed by atoms with van der Waals surface area (Å²) in [6, 6.07) is 8.67. The van der Waals surface area contributed by atoms with Crippen molar-refractivity contribution in [1.29, 1.82) is 0 Å². The molecule has 0 fully saturated rings. The molecule has 0 saturated carbocycles. The first-order valence-corrected chi connectivity index (χ1v) is 7.01. The molecule has 2 atom stereocenters. The van der Waals surface area contributed by atoms with Crippen molar-refractivity contribution in [3.8, 4) is 0 Å². The minimum absolute atomic E-state index is 0.149. The molecule has 1 rings (SSSR count). The second kappa shape index (κ2) is 7.06. The molecular formula is C13H17NO3S. The molecule has 0 heterocycles. The van der Waals surface area contributed by atoms with Crippen LogP contribution in [-0.2, 0) is 9.59 Å². The second-order valence-electron chi connectivity index (χ2n) is 4.02. The highest BCUT2D eigenvalue weighted by Gasteiger charge is 2.26. The van der Waals surface area contributed by atoms with Crippen LogP contribution < -0.4 is 5.32 Å². The standard InChI is InChI=1S/C13H17NO3S/c1-9(13(16)17)12(14-11(15)8-18-2)10-6-4-3-5-7-10/h3-7,9,12H,8H2,1-2H3,(H,14,15)(H,16,17)/t9-,12-/m1/s1. The maximum absolute atomic E-state index is 11.6. The molecule has 0 aliphatic carbocycles. The Morgan fingerprint density at radius 2 is 1.94 bits per heavy atom. The van der Waals surface area contributed by atoms with E-state index in [-0.39, 0.29) is 5.91 Å². The molecule has 0 saturated heterocycles. The summed E-state index contributed by atoms with van der Waals surface area (Å²) >= 11 is 1.41. The Bertz CT molecular complexity index is 408. The van der Waals surface area contributed by atoms with Crippen molar-refractivity contribution < 1.29 is 14.7 Å². The third-order valence-corrected chi connectivity index (χ3v) is 3.19. The van der Waals surface area contributed by atoms with E-state index < -0.39 is 17.9 Å². The average Bonchev–Trinajstić information content (AvgIpc) is 2.36. The highest BCUT2D eigenvalue weighted by Crippen LogP contribution is 2.22. The van der Waals surface area contributed by atoms with Crippen molar-refractivity contribution in [1.82, 2.24) is 5.32 Å². The van der Waals surface area contributed by atoms with Crippen LogP contribution >= 0.6 is 11.8 Å². The van der Waals surface area contributed by atoms with E-state index in [1.54, 1.807) is 6.92 Å². The van der Waals surface area contributed by atoms with E-state index in [0.29, 0.717) is 5.75 Å². The Morgan fingerprint density at radius 1 is 1.33 bits per heavy atom. The van der Waals surface area contributed by atoms with Crippen LogP contribution in [0.1, 0.15) is 18.5 Å². The fourth-order valence-electron chi connectivity index (χ4n) is 1.65. The number of rotatable bonds is 6. The van der Waals surface area contributed by atoms with Crippen LogP contribution in [0.2, 0.25) is 0 Å². The normalized spacial score (nSPS) is 13.7. The third-order valence-electron chi connectivity index (χ3n) is 2.64. The number of carbonyl (C=O) groups excluding carboxylic acids is 1. The van der Waals surface area contributed by atoms with E-state index >= 15 is 0 Å². The summed E-state index contributed by atoms with van der Waals surface area (Å²) in [6.07, 6.45) is 1.83. The van der Waals surface area contributed by atoms with Crippen LogP contribution in [-0.4, -0.2) is 29.0 Å². The first kappa shape index (κ1) is 14.6. The van der Waals surface area contributed by atoms with Crippen LogP contribution in [0, 0.1) is 5.92 Å². The van der Waals surface area contributed by atoms with Crippen molar-refractivity contribution in [3.63, 3.8) is 0 Å².